The highest BCUT2D eigenvalue weighted by Crippen LogP contribution is 2.28. The first-order chi connectivity index (χ1) is 15.7. The van der Waals surface area contributed by atoms with Crippen molar-refractivity contribution in [2.75, 3.05) is 44.2 Å². The molecule has 5 nitrogen and oxygen atoms in total. The number of amides is 1. The molecule has 0 N–H and O–H groups in total. The fourth-order valence-corrected chi connectivity index (χ4v) is 4.47. The number of ether oxygens (including phenoxy) is 1. The molecule has 1 fully saturated rings. The van der Waals surface area contributed by atoms with Gasteiger partial charge in [0.2, 0.25) is 0 Å². The molecule has 0 saturated carbocycles. The summed E-state index contributed by atoms with van der Waals surface area (Å²) < 4.78 is 19.4. The van der Waals surface area contributed by atoms with Crippen LogP contribution in [0.2, 0.25) is 0 Å². The third-order valence-electron chi connectivity index (χ3n) is 6.25. The second kappa shape index (κ2) is 9.09. The number of hydrogen-bond acceptors (Lipinski definition) is 4. The van der Waals surface area contributed by atoms with Gasteiger partial charge in [-0.3, -0.25) is 9.69 Å². The summed E-state index contributed by atoms with van der Waals surface area (Å²) in [4.78, 5) is 20.4. The number of halogens is 1. The molecule has 0 radical (unpaired) electrons. The van der Waals surface area contributed by atoms with Gasteiger partial charge in [-0.2, -0.15) is 0 Å². The van der Waals surface area contributed by atoms with Gasteiger partial charge in [0.05, 0.1) is 12.2 Å². The van der Waals surface area contributed by atoms with E-state index >= 15 is 0 Å². The second-order valence-electron chi connectivity index (χ2n) is 8.34. The summed E-state index contributed by atoms with van der Waals surface area (Å²) in [5.74, 6) is 0.341. The van der Waals surface area contributed by atoms with Crippen molar-refractivity contribution in [2.45, 2.75) is 12.8 Å². The Balaban J connectivity index is 1.06. The quantitative estimate of drug-likeness (QED) is 0.516. The largest absolute Gasteiger partial charge is 0.494 e. The van der Waals surface area contributed by atoms with Crippen LogP contribution in [0.1, 0.15) is 28.8 Å². The van der Waals surface area contributed by atoms with Crippen LogP contribution in [0.15, 0.2) is 59.6 Å². The summed E-state index contributed by atoms with van der Waals surface area (Å²) in [5.41, 5.74) is 2.67. The Morgan fingerprint density at radius 2 is 1.84 bits per heavy atom. The number of piperazine rings is 1. The summed E-state index contributed by atoms with van der Waals surface area (Å²) >= 11 is 0. The molecular weight excluding hydrogens is 405 g/mol. The molecule has 5 rings (SSSR count). The number of nitrogens with zero attached hydrogens (tertiary/aromatic N) is 3. The first-order valence-electron chi connectivity index (χ1n) is 11.2. The Morgan fingerprint density at radius 3 is 2.72 bits per heavy atom. The van der Waals surface area contributed by atoms with E-state index in [2.05, 4.69) is 20.9 Å². The zero-order valence-electron chi connectivity index (χ0n) is 18.0. The zero-order chi connectivity index (χ0) is 21.9. The first-order valence-corrected chi connectivity index (χ1v) is 11.2. The SMILES string of the molecule is O=C1N=Cc2ccc(OCCCCN3CCN(c4cccc5cc(F)ccc45)CC3)cc21. The minimum absolute atomic E-state index is 0.192. The van der Waals surface area contributed by atoms with E-state index in [1.165, 1.54) is 5.69 Å². The Hall–Kier alpha value is -3.25. The molecule has 164 valence electrons. The van der Waals surface area contributed by atoms with Crippen molar-refractivity contribution in [3.8, 4) is 5.75 Å². The highest BCUT2D eigenvalue weighted by Gasteiger charge is 2.19. The lowest BCUT2D eigenvalue weighted by atomic mass is 10.1. The summed E-state index contributed by atoms with van der Waals surface area (Å²) in [5, 5.41) is 2.06. The van der Waals surface area contributed by atoms with E-state index in [9.17, 15) is 9.18 Å². The lowest BCUT2D eigenvalue weighted by Gasteiger charge is -2.36. The molecule has 2 aliphatic heterocycles. The number of carbonyl (C=O) groups is 1. The molecule has 0 aliphatic carbocycles. The number of unbranched alkanes of at least 4 members (excludes halogenated alkanes) is 1. The third-order valence-corrected chi connectivity index (χ3v) is 6.25. The van der Waals surface area contributed by atoms with Crippen molar-refractivity contribution in [2.24, 2.45) is 4.99 Å². The molecule has 0 atom stereocenters. The van der Waals surface area contributed by atoms with Gasteiger partial charge in [-0.1, -0.05) is 12.1 Å². The molecule has 3 aromatic carbocycles. The number of rotatable bonds is 7. The lowest BCUT2D eigenvalue weighted by molar-refractivity contribution is 0.101. The Morgan fingerprint density at radius 1 is 0.969 bits per heavy atom. The maximum atomic E-state index is 13.6. The second-order valence-corrected chi connectivity index (χ2v) is 8.34. The molecular formula is C26H26FN3O2. The van der Waals surface area contributed by atoms with Crippen LogP contribution in [-0.2, 0) is 0 Å². The van der Waals surface area contributed by atoms with Gasteiger partial charge in [0.15, 0.2) is 0 Å². The average molecular weight is 432 g/mol. The first kappa shape index (κ1) is 20.6. The average Bonchev–Trinajstić information content (AvgIpc) is 3.19. The van der Waals surface area contributed by atoms with Gasteiger partial charge in [-0.15, -0.1) is 0 Å². The molecule has 1 amide bonds. The molecule has 2 aliphatic rings. The van der Waals surface area contributed by atoms with E-state index in [0.717, 1.165) is 67.7 Å². The van der Waals surface area contributed by atoms with Crippen molar-refractivity contribution in [1.82, 2.24) is 4.90 Å². The topological polar surface area (TPSA) is 45.1 Å². The monoisotopic (exact) mass is 431 g/mol. The van der Waals surface area contributed by atoms with Crippen LogP contribution in [0.3, 0.4) is 0 Å². The molecule has 0 unspecified atom stereocenters. The Kier molecular flexibility index (Phi) is 5.86. The van der Waals surface area contributed by atoms with E-state index in [1.807, 2.05) is 30.3 Å². The van der Waals surface area contributed by atoms with Crippen LogP contribution in [-0.4, -0.2) is 56.4 Å². The standard InChI is InChI=1S/C26H26FN3O2/c27-21-7-9-23-19(16-21)4-3-5-25(23)30-13-11-29(12-14-30)10-1-2-15-32-22-8-6-20-18-28-26(31)24(20)17-22/h3-9,16-18H,1-2,10-15H2. The molecule has 3 aromatic rings. The van der Waals surface area contributed by atoms with Crippen LogP contribution >= 0.6 is 0 Å². The normalized spacial score (nSPS) is 16.0. The summed E-state index contributed by atoms with van der Waals surface area (Å²) in [6.07, 6.45) is 3.64. The number of aliphatic imine (C=N–C) groups is 1. The zero-order valence-corrected chi connectivity index (χ0v) is 18.0. The van der Waals surface area contributed by atoms with Gasteiger partial charge < -0.3 is 9.64 Å². The van der Waals surface area contributed by atoms with Gasteiger partial charge in [0, 0.05) is 49.0 Å². The maximum Gasteiger partial charge on any atom is 0.277 e. The van der Waals surface area contributed by atoms with Crippen molar-refractivity contribution < 1.29 is 13.9 Å². The van der Waals surface area contributed by atoms with Crippen LogP contribution in [0.25, 0.3) is 10.8 Å². The number of carbonyl (C=O) groups excluding carboxylic acids is 1. The van der Waals surface area contributed by atoms with E-state index in [4.69, 9.17) is 4.74 Å². The number of benzene rings is 3. The van der Waals surface area contributed by atoms with Crippen molar-refractivity contribution >= 4 is 28.6 Å². The van der Waals surface area contributed by atoms with Gasteiger partial charge in [0.1, 0.15) is 11.6 Å². The van der Waals surface area contributed by atoms with Crippen LogP contribution in [0.4, 0.5) is 10.1 Å². The predicted molar refractivity (Wildman–Crippen MR) is 126 cm³/mol. The highest BCUT2D eigenvalue weighted by atomic mass is 19.1. The third kappa shape index (κ3) is 4.36. The summed E-state index contributed by atoms with van der Waals surface area (Å²) in [7, 11) is 0. The molecule has 32 heavy (non-hydrogen) atoms. The number of hydrogen-bond donors (Lipinski definition) is 0. The lowest BCUT2D eigenvalue weighted by Crippen LogP contribution is -2.46. The van der Waals surface area contributed by atoms with Crippen LogP contribution in [0, 0.1) is 5.82 Å². The van der Waals surface area contributed by atoms with Crippen LogP contribution < -0.4 is 9.64 Å². The Labute approximate surface area is 187 Å². The highest BCUT2D eigenvalue weighted by molar-refractivity contribution is 6.13. The minimum atomic E-state index is -0.194. The molecule has 6 heteroatoms. The maximum absolute atomic E-state index is 13.6. The number of anilines is 1. The Bertz CT molecular complexity index is 1170. The number of fused-ring (bicyclic) bond motifs is 2. The van der Waals surface area contributed by atoms with Crippen molar-refractivity contribution in [3.63, 3.8) is 0 Å². The predicted octanol–water partition coefficient (Wildman–Crippen LogP) is 4.53. The van der Waals surface area contributed by atoms with Gasteiger partial charge in [-0.05, 0) is 67.2 Å². The summed E-state index contributed by atoms with van der Waals surface area (Å²) in [6, 6.07) is 16.7. The van der Waals surface area contributed by atoms with Crippen molar-refractivity contribution in [3.05, 3.63) is 71.5 Å². The van der Waals surface area contributed by atoms with E-state index in [1.54, 1.807) is 24.4 Å². The van der Waals surface area contributed by atoms with Crippen molar-refractivity contribution in [1.29, 1.82) is 0 Å². The fraction of sp³-hybridized carbons (Fsp3) is 0.308. The van der Waals surface area contributed by atoms with E-state index in [-0.39, 0.29) is 11.7 Å². The van der Waals surface area contributed by atoms with E-state index < -0.39 is 0 Å². The smallest absolute Gasteiger partial charge is 0.277 e. The fourth-order valence-electron chi connectivity index (χ4n) is 4.47. The van der Waals surface area contributed by atoms with Gasteiger partial charge in [-0.25, -0.2) is 9.38 Å². The molecule has 0 bridgehead atoms. The minimum Gasteiger partial charge on any atom is -0.494 e. The molecule has 0 spiro atoms. The van der Waals surface area contributed by atoms with Gasteiger partial charge in [0.25, 0.3) is 5.91 Å². The molecule has 0 aromatic heterocycles. The van der Waals surface area contributed by atoms with E-state index in [0.29, 0.717) is 12.2 Å². The summed E-state index contributed by atoms with van der Waals surface area (Å²) in [6.45, 7) is 5.67. The van der Waals surface area contributed by atoms with Gasteiger partial charge >= 0.3 is 0 Å². The molecule has 2 heterocycles. The molecule has 1 saturated heterocycles. The van der Waals surface area contributed by atoms with Crippen LogP contribution in [0.5, 0.6) is 5.75 Å².